The zero-order valence-corrected chi connectivity index (χ0v) is 17.3. The third-order valence-electron chi connectivity index (χ3n) is 5.41. The van der Waals surface area contributed by atoms with E-state index in [9.17, 15) is 4.79 Å². The molecule has 152 valence electrons. The van der Waals surface area contributed by atoms with Crippen LogP contribution < -0.4 is 4.74 Å². The van der Waals surface area contributed by atoms with Gasteiger partial charge < -0.3 is 9.64 Å². The van der Waals surface area contributed by atoms with Crippen molar-refractivity contribution in [2.24, 2.45) is 5.92 Å². The first-order valence-electron chi connectivity index (χ1n) is 10.2. The van der Waals surface area contributed by atoms with E-state index in [-0.39, 0.29) is 12.3 Å². The molecule has 1 aliphatic rings. The number of hydrogen-bond acceptors (Lipinski definition) is 5. The zero-order valence-electron chi connectivity index (χ0n) is 17.3. The van der Waals surface area contributed by atoms with Crippen molar-refractivity contribution in [2.75, 3.05) is 19.7 Å². The number of carbonyl (C=O) groups is 1. The summed E-state index contributed by atoms with van der Waals surface area (Å²) in [7, 11) is 0. The predicted molar refractivity (Wildman–Crippen MR) is 110 cm³/mol. The summed E-state index contributed by atoms with van der Waals surface area (Å²) in [5, 5.41) is 4.46. The number of hydrogen-bond donors (Lipinski definition) is 0. The molecule has 0 radical (unpaired) electrons. The highest BCUT2D eigenvalue weighted by molar-refractivity contribution is 5.78. The van der Waals surface area contributed by atoms with Crippen LogP contribution in [-0.2, 0) is 11.2 Å². The lowest BCUT2D eigenvalue weighted by molar-refractivity contribution is -0.132. The number of aryl methyl sites for hydroxylation is 3. The Bertz CT molecular complexity index is 1030. The largest absolute Gasteiger partial charge is 0.493 e. The molecule has 1 atom stereocenters. The molecule has 0 saturated carbocycles. The van der Waals surface area contributed by atoms with E-state index in [0.717, 1.165) is 42.1 Å². The number of aromatic nitrogens is 4. The lowest BCUT2D eigenvalue weighted by atomic mass is 9.98. The minimum atomic E-state index is 0.0656. The van der Waals surface area contributed by atoms with Crippen LogP contribution in [0.25, 0.3) is 5.78 Å². The van der Waals surface area contributed by atoms with Crippen molar-refractivity contribution >= 4 is 11.7 Å². The van der Waals surface area contributed by atoms with Gasteiger partial charge in [0, 0.05) is 30.4 Å². The first-order chi connectivity index (χ1) is 14.0. The van der Waals surface area contributed by atoms with Crippen molar-refractivity contribution in [1.29, 1.82) is 0 Å². The zero-order chi connectivity index (χ0) is 20.4. The van der Waals surface area contributed by atoms with Crippen LogP contribution in [-0.4, -0.2) is 50.1 Å². The molecule has 3 heterocycles. The number of piperidine rings is 1. The lowest BCUT2D eigenvalue weighted by Crippen LogP contribution is -2.42. The minimum Gasteiger partial charge on any atom is -0.493 e. The number of amides is 1. The van der Waals surface area contributed by atoms with Gasteiger partial charge in [-0.15, -0.1) is 5.10 Å². The number of ether oxygens (including phenoxy) is 1. The third kappa shape index (κ3) is 4.39. The summed E-state index contributed by atoms with van der Waals surface area (Å²) in [5.74, 6) is 2.40. The van der Waals surface area contributed by atoms with E-state index in [1.54, 1.807) is 4.52 Å². The fourth-order valence-electron chi connectivity index (χ4n) is 3.88. The van der Waals surface area contributed by atoms with Crippen LogP contribution in [0.2, 0.25) is 0 Å². The number of benzene rings is 1. The SMILES string of the molecule is Cc1cc(C)n2nc(CC(=O)N3CCC[C@H](COc4ccccc4C)C3)nc2n1. The Morgan fingerprint density at radius 1 is 1.21 bits per heavy atom. The van der Waals surface area contributed by atoms with Crippen LogP contribution in [0.15, 0.2) is 30.3 Å². The summed E-state index contributed by atoms with van der Waals surface area (Å²) in [6.45, 7) is 8.07. The van der Waals surface area contributed by atoms with Crippen LogP contribution in [0.4, 0.5) is 0 Å². The van der Waals surface area contributed by atoms with Gasteiger partial charge in [-0.2, -0.15) is 4.98 Å². The fourth-order valence-corrected chi connectivity index (χ4v) is 3.88. The second-order valence-electron chi connectivity index (χ2n) is 7.88. The van der Waals surface area contributed by atoms with Gasteiger partial charge in [0.25, 0.3) is 5.78 Å². The Morgan fingerprint density at radius 3 is 2.86 bits per heavy atom. The maximum atomic E-state index is 12.8. The van der Waals surface area contributed by atoms with Crippen LogP contribution in [0.1, 0.15) is 35.6 Å². The molecule has 0 aliphatic carbocycles. The topological polar surface area (TPSA) is 72.6 Å². The van der Waals surface area contributed by atoms with Crippen molar-refractivity contribution in [3.63, 3.8) is 0 Å². The highest BCUT2D eigenvalue weighted by Crippen LogP contribution is 2.21. The van der Waals surface area contributed by atoms with Gasteiger partial charge in [-0.05, 0) is 51.3 Å². The van der Waals surface area contributed by atoms with Crippen molar-refractivity contribution in [3.05, 3.63) is 53.1 Å². The summed E-state index contributed by atoms with van der Waals surface area (Å²) in [5.41, 5.74) is 2.99. The number of fused-ring (bicyclic) bond motifs is 1. The summed E-state index contributed by atoms with van der Waals surface area (Å²) >= 11 is 0. The second kappa shape index (κ2) is 8.19. The molecule has 7 nitrogen and oxygen atoms in total. The molecule has 1 aromatic carbocycles. The highest BCUT2D eigenvalue weighted by atomic mass is 16.5. The summed E-state index contributed by atoms with van der Waals surface area (Å²) in [6.07, 6.45) is 2.27. The molecule has 4 rings (SSSR count). The van der Waals surface area contributed by atoms with Crippen LogP contribution >= 0.6 is 0 Å². The molecule has 7 heteroatoms. The molecule has 1 amide bonds. The Balaban J connectivity index is 1.37. The van der Waals surface area contributed by atoms with Gasteiger partial charge in [0.1, 0.15) is 5.75 Å². The van der Waals surface area contributed by atoms with E-state index in [2.05, 4.69) is 15.1 Å². The molecule has 0 spiro atoms. The average molecular weight is 393 g/mol. The summed E-state index contributed by atoms with van der Waals surface area (Å²) < 4.78 is 7.71. The van der Waals surface area contributed by atoms with Crippen molar-refractivity contribution in [3.8, 4) is 5.75 Å². The number of nitrogens with zero attached hydrogens (tertiary/aromatic N) is 5. The van der Waals surface area contributed by atoms with Gasteiger partial charge in [0.15, 0.2) is 5.82 Å². The van der Waals surface area contributed by atoms with Gasteiger partial charge in [0.2, 0.25) is 5.91 Å². The first-order valence-corrected chi connectivity index (χ1v) is 10.2. The third-order valence-corrected chi connectivity index (χ3v) is 5.41. The van der Waals surface area contributed by atoms with Gasteiger partial charge in [-0.1, -0.05) is 18.2 Å². The van der Waals surface area contributed by atoms with Gasteiger partial charge in [-0.25, -0.2) is 9.50 Å². The molecule has 2 aromatic heterocycles. The molecule has 3 aromatic rings. The Kier molecular flexibility index (Phi) is 5.47. The molecule has 0 N–H and O–H groups in total. The monoisotopic (exact) mass is 393 g/mol. The lowest BCUT2D eigenvalue weighted by Gasteiger charge is -2.32. The van der Waals surface area contributed by atoms with Crippen LogP contribution in [0, 0.1) is 26.7 Å². The van der Waals surface area contributed by atoms with E-state index < -0.39 is 0 Å². The Hall–Kier alpha value is -2.96. The number of para-hydroxylation sites is 1. The quantitative estimate of drug-likeness (QED) is 0.666. The fraction of sp³-hybridized carbons (Fsp3) is 0.455. The van der Waals surface area contributed by atoms with Gasteiger partial charge in [-0.3, -0.25) is 4.79 Å². The van der Waals surface area contributed by atoms with Crippen molar-refractivity contribution < 1.29 is 9.53 Å². The van der Waals surface area contributed by atoms with Gasteiger partial charge >= 0.3 is 0 Å². The van der Waals surface area contributed by atoms with Crippen LogP contribution in [0.3, 0.4) is 0 Å². The normalized spacial score (nSPS) is 16.9. The maximum Gasteiger partial charge on any atom is 0.252 e. The highest BCUT2D eigenvalue weighted by Gasteiger charge is 2.25. The first kappa shape index (κ1) is 19.4. The smallest absolute Gasteiger partial charge is 0.252 e. The minimum absolute atomic E-state index is 0.0656. The van der Waals surface area contributed by atoms with Crippen molar-refractivity contribution in [2.45, 2.75) is 40.0 Å². The van der Waals surface area contributed by atoms with Crippen molar-refractivity contribution in [1.82, 2.24) is 24.5 Å². The number of rotatable bonds is 5. The van der Waals surface area contributed by atoms with E-state index in [1.165, 1.54) is 0 Å². The Morgan fingerprint density at radius 2 is 2.03 bits per heavy atom. The second-order valence-corrected chi connectivity index (χ2v) is 7.88. The molecule has 29 heavy (non-hydrogen) atoms. The van der Waals surface area contributed by atoms with E-state index in [4.69, 9.17) is 4.74 Å². The standard InChI is InChI=1S/C22H27N5O2/c1-15-7-4-5-9-19(15)29-14-18-8-6-10-26(13-18)21(28)12-20-24-22-23-16(2)11-17(3)27(22)25-20/h4-5,7,9,11,18H,6,8,10,12-14H2,1-3H3/t18-/m0/s1. The maximum absolute atomic E-state index is 12.8. The van der Waals surface area contributed by atoms with Crippen LogP contribution in [0.5, 0.6) is 5.75 Å². The van der Waals surface area contributed by atoms with E-state index in [0.29, 0.717) is 30.7 Å². The van der Waals surface area contributed by atoms with E-state index in [1.807, 2.05) is 56.0 Å². The molecule has 0 bridgehead atoms. The molecule has 1 aliphatic heterocycles. The molecular weight excluding hydrogens is 366 g/mol. The molecule has 1 saturated heterocycles. The average Bonchev–Trinajstić information content (AvgIpc) is 3.10. The molecule has 1 fully saturated rings. The van der Waals surface area contributed by atoms with Gasteiger partial charge in [0.05, 0.1) is 13.0 Å². The Labute approximate surface area is 170 Å². The van der Waals surface area contributed by atoms with E-state index >= 15 is 0 Å². The predicted octanol–water partition coefficient (Wildman–Crippen LogP) is 2.91. The summed E-state index contributed by atoms with van der Waals surface area (Å²) in [6, 6.07) is 9.99. The molecule has 0 unspecified atom stereocenters. The molecular formula is C22H27N5O2. The number of carbonyl (C=O) groups excluding carboxylic acids is 1. The number of likely N-dealkylation sites (tertiary alicyclic amines) is 1. The summed E-state index contributed by atoms with van der Waals surface area (Å²) in [4.78, 5) is 23.6.